The fraction of sp³-hybridized carbons (Fsp3) is 0.455. The normalized spacial score (nSPS) is 21.5. The summed E-state index contributed by atoms with van der Waals surface area (Å²) in [6.45, 7) is 0.419. The quantitative estimate of drug-likeness (QED) is 0.557. The van der Waals surface area contributed by atoms with Crippen LogP contribution >= 0.6 is 11.3 Å². The van der Waals surface area contributed by atoms with Gasteiger partial charge in [-0.2, -0.15) is 4.31 Å². The van der Waals surface area contributed by atoms with Crippen molar-refractivity contribution in [3.63, 3.8) is 0 Å². The number of rotatable bonds is 6. The molecule has 2 saturated heterocycles. The number of sulfonamides is 1. The lowest BCUT2D eigenvalue weighted by atomic mass is 10.2. The number of ether oxygens (including phenoxy) is 1. The Labute approximate surface area is 207 Å². The van der Waals surface area contributed by atoms with Gasteiger partial charge in [-0.15, -0.1) is 11.3 Å². The Morgan fingerprint density at radius 2 is 1.91 bits per heavy atom. The summed E-state index contributed by atoms with van der Waals surface area (Å²) < 4.78 is 47.0. The van der Waals surface area contributed by atoms with Crippen LogP contribution in [0.2, 0.25) is 0 Å². The van der Waals surface area contributed by atoms with E-state index in [2.05, 4.69) is 10.8 Å². The van der Waals surface area contributed by atoms with Crippen molar-refractivity contribution in [3.8, 4) is 10.4 Å². The minimum atomic E-state index is -4.08. The van der Waals surface area contributed by atoms with Gasteiger partial charge in [-0.05, 0) is 42.7 Å². The maximum atomic E-state index is 13.6. The summed E-state index contributed by atoms with van der Waals surface area (Å²) in [7, 11) is -2.61. The van der Waals surface area contributed by atoms with Gasteiger partial charge in [0.05, 0.1) is 0 Å². The molecule has 0 saturated carbocycles. The van der Waals surface area contributed by atoms with Gasteiger partial charge in [0.2, 0.25) is 0 Å². The zero-order valence-corrected chi connectivity index (χ0v) is 20.7. The number of nitrogens with zero attached hydrogens (tertiary/aromatic N) is 2. The maximum absolute atomic E-state index is 13.6. The van der Waals surface area contributed by atoms with E-state index in [0.29, 0.717) is 23.5 Å². The van der Waals surface area contributed by atoms with Crippen LogP contribution in [0.5, 0.6) is 0 Å². The SMILES string of the molecule is CNC(=O)N1CCN(S(=O)(=O)c2ccc(-c3ccc(F)cc3)s2)[C@@H](C(=O)NOC2CCCCO2)C1. The van der Waals surface area contributed by atoms with E-state index in [-0.39, 0.29) is 29.7 Å². The first-order chi connectivity index (χ1) is 16.8. The minimum Gasteiger partial charge on any atom is -0.350 e. The smallest absolute Gasteiger partial charge is 0.317 e. The van der Waals surface area contributed by atoms with E-state index in [1.165, 1.54) is 30.1 Å². The molecule has 10 nitrogen and oxygen atoms in total. The maximum Gasteiger partial charge on any atom is 0.317 e. The van der Waals surface area contributed by atoms with Crippen LogP contribution < -0.4 is 10.8 Å². The predicted molar refractivity (Wildman–Crippen MR) is 126 cm³/mol. The minimum absolute atomic E-state index is 0.0413. The summed E-state index contributed by atoms with van der Waals surface area (Å²) in [5, 5.41) is 2.50. The molecular weight excluding hydrogens is 499 g/mol. The molecule has 0 radical (unpaired) electrons. The molecule has 1 unspecified atom stereocenters. The third-order valence-electron chi connectivity index (χ3n) is 5.84. The van der Waals surface area contributed by atoms with Gasteiger partial charge in [0.1, 0.15) is 16.1 Å². The average Bonchev–Trinajstić information content (AvgIpc) is 3.39. The van der Waals surface area contributed by atoms with Gasteiger partial charge in [-0.25, -0.2) is 27.9 Å². The second-order valence-corrected chi connectivity index (χ2v) is 11.3. The second kappa shape index (κ2) is 11.0. The molecule has 0 bridgehead atoms. The molecule has 0 spiro atoms. The molecule has 1 aromatic carbocycles. The summed E-state index contributed by atoms with van der Waals surface area (Å²) in [4.78, 5) is 32.6. The Morgan fingerprint density at radius 3 is 2.60 bits per heavy atom. The standard InChI is InChI=1S/C22H27FN4O6S2/c1-24-22(29)26-11-12-27(17(14-26)21(28)25-33-19-4-2-3-13-32-19)35(30,31)20-10-9-18(34-20)15-5-7-16(23)8-6-15/h5-10,17,19H,2-4,11-14H2,1H3,(H,24,29)(H,25,28)/t17-,19?/m1/s1. The summed E-state index contributed by atoms with van der Waals surface area (Å²) in [6, 6.07) is 7.24. The molecule has 35 heavy (non-hydrogen) atoms. The molecule has 13 heteroatoms. The van der Waals surface area contributed by atoms with E-state index in [9.17, 15) is 22.4 Å². The van der Waals surface area contributed by atoms with Crippen LogP contribution in [0.1, 0.15) is 19.3 Å². The Balaban J connectivity index is 1.55. The number of hydrogen-bond donors (Lipinski definition) is 2. The average molecular weight is 527 g/mol. The number of thiophene rings is 1. The zero-order valence-electron chi connectivity index (χ0n) is 19.1. The topological polar surface area (TPSA) is 117 Å². The van der Waals surface area contributed by atoms with E-state index in [4.69, 9.17) is 9.57 Å². The third-order valence-corrected chi connectivity index (χ3v) is 9.35. The molecule has 3 heterocycles. The number of carbonyl (C=O) groups is 2. The number of nitrogens with one attached hydrogen (secondary N) is 2. The molecule has 2 atom stereocenters. The Bertz CT molecular complexity index is 1150. The fourth-order valence-corrected chi connectivity index (χ4v) is 6.96. The van der Waals surface area contributed by atoms with E-state index in [1.807, 2.05) is 0 Å². The van der Waals surface area contributed by atoms with Crippen molar-refractivity contribution < 1.29 is 32.0 Å². The molecule has 2 N–H and O–H groups in total. The molecule has 4 rings (SSSR count). The number of carbonyl (C=O) groups excluding carboxylic acids is 2. The van der Waals surface area contributed by atoms with Gasteiger partial charge in [0, 0.05) is 44.6 Å². The van der Waals surface area contributed by atoms with E-state index in [1.54, 1.807) is 18.2 Å². The first kappa shape index (κ1) is 25.5. The number of urea groups is 1. The van der Waals surface area contributed by atoms with E-state index >= 15 is 0 Å². The van der Waals surface area contributed by atoms with Gasteiger partial charge >= 0.3 is 6.03 Å². The molecule has 2 aliphatic heterocycles. The highest BCUT2D eigenvalue weighted by Crippen LogP contribution is 2.33. The van der Waals surface area contributed by atoms with Crippen molar-refractivity contribution in [2.45, 2.75) is 35.8 Å². The fourth-order valence-electron chi connectivity index (χ4n) is 3.95. The number of piperazine rings is 1. The Hall–Kier alpha value is -2.58. The summed E-state index contributed by atoms with van der Waals surface area (Å²) in [5.41, 5.74) is 3.01. The predicted octanol–water partition coefficient (Wildman–Crippen LogP) is 2.14. The van der Waals surface area contributed by atoms with Gasteiger partial charge < -0.3 is 15.0 Å². The molecule has 2 aromatic rings. The van der Waals surface area contributed by atoms with Gasteiger partial charge in [-0.3, -0.25) is 4.79 Å². The molecule has 3 amide bonds. The summed E-state index contributed by atoms with van der Waals surface area (Å²) in [6.07, 6.45) is 1.80. The highest BCUT2D eigenvalue weighted by atomic mass is 32.2. The van der Waals surface area contributed by atoms with Crippen LogP contribution in [-0.2, 0) is 24.4 Å². The number of benzene rings is 1. The Morgan fingerprint density at radius 1 is 1.14 bits per heavy atom. The first-order valence-corrected chi connectivity index (χ1v) is 13.5. The lowest BCUT2D eigenvalue weighted by Crippen LogP contribution is -2.62. The number of hydroxylamine groups is 1. The highest BCUT2D eigenvalue weighted by Gasteiger charge is 2.42. The molecule has 2 fully saturated rings. The van der Waals surface area contributed by atoms with Crippen LogP contribution in [0.25, 0.3) is 10.4 Å². The van der Waals surface area contributed by atoms with Crippen LogP contribution in [0.15, 0.2) is 40.6 Å². The first-order valence-electron chi connectivity index (χ1n) is 11.2. The van der Waals surface area contributed by atoms with Crippen LogP contribution in [-0.4, -0.2) is 75.2 Å². The summed E-state index contributed by atoms with van der Waals surface area (Å²) >= 11 is 1.03. The zero-order chi connectivity index (χ0) is 25.0. The van der Waals surface area contributed by atoms with Gasteiger partial charge in [-0.1, -0.05) is 12.1 Å². The Kier molecular flexibility index (Phi) is 8.02. The third kappa shape index (κ3) is 5.81. The number of hydrogen-bond acceptors (Lipinski definition) is 7. The van der Waals surface area contributed by atoms with Crippen LogP contribution in [0, 0.1) is 5.82 Å². The van der Waals surface area contributed by atoms with Crippen molar-refractivity contribution in [3.05, 3.63) is 42.2 Å². The molecule has 0 aliphatic carbocycles. The van der Waals surface area contributed by atoms with E-state index in [0.717, 1.165) is 28.5 Å². The van der Waals surface area contributed by atoms with Crippen molar-refractivity contribution in [2.24, 2.45) is 0 Å². The monoisotopic (exact) mass is 526 g/mol. The molecule has 2 aliphatic rings. The van der Waals surface area contributed by atoms with Crippen molar-refractivity contribution in [1.82, 2.24) is 20.0 Å². The second-order valence-electron chi connectivity index (χ2n) is 8.14. The number of halogens is 1. The highest BCUT2D eigenvalue weighted by molar-refractivity contribution is 7.91. The van der Waals surface area contributed by atoms with Crippen LogP contribution in [0.3, 0.4) is 0 Å². The summed E-state index contributed by atoms with van der Waals surface area (Å²) in [5.74, 6) is -1.08. The van der Waals surface area contributed by atoms with Gasteiger partial charge in [0.25, 0.3) is 15.9 Å². The van der Waals surface area contributed by atoms with Gasteiger partial charge in [0.15, 0.2) is 6.29 Å². The largest absolute Gasteiger partial charge is 0.350 e. The van der Waals surface area contributed by atoms with Crippen LogP contribution in [0.4, 0.5) is 9.18 Å². The number of amides is 3. The molecule has 1 aromatic heterocycles. The van der Waals surface area contributed by atoms with E-state index < -0.39 is 34.3 Å². The molecule has 190 valence electrons. The van der Waals surface area contributed by atoms with Crippen molar-refractivity contribution >= 4 is 33.3 Å². The molecular formula is C22H27FN4O6S2. The lowest BCUT2D eigenvalue weighted by Gasteiger charge is -2.39. The van der Waals surface area contributed by atoms with Crippen molar-refractivity contribution in [2.75, 3.05) is 33.3 Å². The van der Waals surface area contributed by atoms with Crippen molar-refractivity contribution in [1.29, 1.82) is 0 Å². The lowest BCUT2D eigenvalue weighted by molar-refractivity contribution is -0.202.